The Hall–Kier alpha value is -3.45. The summed E-state index contributed by atoms with van der Waals surface area (Å²) in [6.07, 6.45) is 1.73. The lowest BCUT2D eigenvalue weighted by atomic mass is 9.90. The van der Waals surface area contributed by atoms with Gasteiger partial charge in [-0.05, 0) is 36.2 Å². The average molecular weight is 420 g/mol. The fraction of sp³-hybridized carbons (Fsp3) is 0.130. The zero-order valence-electron chi connectivity index (χ0n) is 16.3. The molecule has 0 spiro atoms. The smallest absolute Gasteiger partial charge is 0.258 e. The number of para-hydroxylation sites is 1. The molecule has 0 radical (unpaired) electrons. The molecule has 0 bridgehead atoms. The molecule has 3 aromatic carbocycles. The molecule has 7 heteroatoms. The second-order valence-corrected chi connectivity index (χ2v) is 9.04. The third kappa shape index (κ3) is 3.17. The highest BCUT2D eigenvalue weighted by Gasteiger charge is 2.44. The van der Waals surface area contributed by atoms with Crippen LogP contribution in [0.4, 0.5) is 11.4 Å². The number of hydrogen-bond donors (Lipinski definition) is 0. The van der Waals surface area contributed by atoms with Crippen LogP contribution in [0.5, 0.6) is 0 Å². The summed E-state index contributed by atoms with van der Waals surface area (Å²) in [6.45, 7) is 5.83. The minimum atomic E-state index is -3.88. The van der Waals surface area contributed by atoms with Gasteiger partial charge in [-0.3, -0.25) is 14.4 Å². The maximum atomic E-state index is 13.7. The van der Waals surface area contributed by atoms with Gasteiger partial charge in [0.1, 0.15) is 0 Å². The molecule has 1 aliphatic rings. The number of benzene rings is 3. The van der Waals surface area contributed by atoms with E-state index >= 15 is 0 Å². The first-order valence-electron chi connectivity index (χ1n) is 9.41. The van der Waals surface area contributed by atoms with Crippen molar-refractivity contribution in [1.82, 2.24) is 0 Å². The highest BCUT2D eigenvalue weighted by atomic mass is 32.2. The lowest BCUT2D eigenvalue weighted by molar-refractivity contribution is -0.384. The van der Waals surface area contributed by atoms with Gasteiger partial charge in [-0.25, -0.2) is 8.42 Å². The Kier molecular flexibility index (Phi) is 4.91. The molecule has 0 saturated carbocycles. The van der Waals surface area contributed by atoms with E-state index in [1.807, 2.05) is 19.1 Å². The number of aryl methyl sites for hydroxylation is 1. The fourth-order valence-corrected chi connectivity index (χ4v) is 5.61. The Balaban J connectivity index is 1.91. The van der Waals surface area contributed by atoms with E-state index in [2.05, 4.69) is 6.58 Å². The van der Waals surface area contributed by atoms with Gasteiger partial charge in [0.2, 0.25) is 0 Å². The van der Waals surface area contributed by atoms with Crippen molar-refractivity contribution in [3.8, 4) is 0 Å². The predicted molar refractivity (Wildman–Crippen MR) is 116 cm³/mol. The Morgan fingerprint density at radius 1 is 1.00 bits per heavy atom. The van der Waals surface area contributed by atoms with Crippen LogP contribution in [-0.2, 0) is 10.0 Å². The van der Waals surface area contributed by atoms with Crippen LogP contribution in [-0.4, -0.2) is 13.3 Å². The highest BCUT2D eigenvalue weighted by Crippen LogP contribution is 2.51. The third-order valence-electron chi connectivity index (χ3n) is 5.40. The van der Waals surface area contributed by atoms with Crippen molar-refractivity contribution < 1.29 is 13.3 Å². The van der Waals surface area contributed by atoms with Gasteiger partial charge < -0.3 is 0 Å². The Bertz CT molecular complexity index is 1220. The molecular formula is C23H20N2O4S. The molecule has 0 saturated heterocycles. The summed E-state index contributed by atoms with van der Waals surface area (Å²) in [7, 11) is -3.88. The van der Waals surface area contributed by atoms with E-state index < -0.39 is 21.0 Å². The van der Waals surface area contributed by atoms with E-state index in [1.165, 1.54) is 16.4 Å². The van der Waals surface area contributed by atoms with Gasteiger partial charge in [0, 0.05) is 18.1 Å². The Morgan fingerprint density at radius 3 is 2.23 bits per heavy atom. The summed E-state index contributed by atoms with van der Waals surface area (Å²) in [5.74, 6) is -0.289. The summed E-state index contributed by atoms with van der Waals surface area (Å²) in [5, 5.41) is 11.1. The molecule has 1 heterocycles. The molecule has 1 aliphatic heterocycles. The summed E-state index contributed by atoms with van der Waals surface area (Å²) in [4.78, 5) is 10.8. The van der Waals surface area contributed by atoms with Gasteiger partial charge >= 0.3 is 0 Å². The topological polar surface area (TPSA) is 80.5 Å². The molecule has 0 aliphatic carbocycles. The molecule has 2 atom stereocenters. The zero-order chi connectivity index (χ0) is 21.5. The van der Waals surface area contributed by atoms with Crippen LogP contribution in [0.15, 0.2) is 90.3 Å². The van der Waals surface area contributed by atoms with Crippen LogP contribution in [0, 0.1) is 17.0 Å². The lowest BCUT2D eigenvalue weighted by Gasteiger charge is -2.29. The molecule has 0 amide bonds. The standard InChI is InChI=1S/C23H20N2O4S/c1-3-20-21-6-4-5-7-22(21)24(30(28,29)19-14-8-16(2)9-15-19)23(20)17-10-12-18(13-11-17)25(26)27/h3-15,20,23H,1H2,2H3/t20-,23+/m0/s1. The van der Waals surface area contributed by atoms with Crippen LogP contribution < -0.4 is 4.31 Å². The molecule has 0 N–H and O–H groups in total. The first kappa shape index (κ1) is 19.8. The maximum Gasteiger partial charge on any atom is 0.269 e. The van der Waals surface area contributed by atoms with Crippen molar-refractivity contribution in [2.45, 2.75) is 23.8 Å². The quantitative estimate of drug-likeness (QED) is 0.326. The zero-order valence-corrected chi connectivity index (χ0v) is 17.1. The number of fused-ring (bicyclic) bond motifs is 1. The van der Waals surface area contributed by atoms with Crippen molar-refractivity contribution in [2.24, 2.45) is 0 Å². The van der Waals surface area contributed by atoms with E-state index in [4.69, 9.17) is 0 Å². The number of anilines is 1. The lowest BCUT2D eigenvalue weighted by Crippen LogP contribution is -2.33. The number of nitro groups is 1. The van der Waals surface area contributed by atoms with Crippen LogP contribution in [0.25, 0.3) is 0 Å². The molecule has 0 unspecified atom stereocenters. The second-order valence-electron chi connectivity index (χ2n) is 7.23. The molecule has 0 fully saturated rings. The average Bonchev–Trinajstić information content (AvgIpc) is 3.09. The normalized spacial score (nSPS) is 18.1. The highest BCUT2D eigenvalue weighted by molar-refractivity contribution is 7.92. The number of rotatable bonds is 5. The minimum absolute atomic E-state index is 0.0441. The van der Waals surface area contributed by atoms with E-state index in [-0.39, 0.29) is 16.5 Å². The second kappa shape index (κ2) is 7.42. The number of hydrogen-bond acceptors (Lipinski definition) is 4. The molecule has 4 rings (SSSR count). The van der Waals surface area contributed by atoms with Gasteiger partial charge in [0.25, 0.3) is 15.7 Å². The van der Waals surface area contributed by atoms with E-state index in [9.17, 15) is 18.5 Å². The number of non-ortho nitro benzene ring substituents is 1. The Morgan fingerprint density at radius 2 is 1.63 bits per heavy atom. The number of nitro benzene ring substituents is 1. The summed E-state index contributed by atoms with van der Waals surface area (Å²) in [6, 6.07) is 19.5. The van der Waals surface area contributed by atoms with Gasteiger partial charge in [0.05, 0.1) is 21.5 Å². The van der Waals surface area contributed by atoms with Gasteiger partial charge in [0.15, 0.2) is 0 Å². The van der Waals surface area contributed by atoms with Gasteiger partial charge in [-0.15, -0.1) is 6.58 Å². The van der Waals surface area contributed by atoms with Crippen molar-refractivity contribution in [2.75, 3.05) is 4.31 Å². The van der Waals surface area contributed by atoms with Crippen LogP contribution in [0.2, 0.25) is 0 Å². The molecule has 152 valence electrons. The monoisotopic (exact) mass is 420 g/mol. The summed E-state index contributed by atoms with van der Waals surface area (Å²) >= 11 is 0. The number of sulfonamides is 1. The van der Waals surface area contributed by atoms with Gasteiger partial charge in [-0.2, -0.15) is 0 Å². The summed E-state index contributed by atoms with van der Waals surface area (Å²) < 4.78 is 28.8. The van der Waals surface area contributed by atoms with Crippen molar-refractivity contribution >= 4 is 21.4 Å². The minimum Gasteiger partial charge on any atom is -0.258 e. The first-order valence-corrected chi connectivity index (χ1v) is 10.9. The fourth-order valence-electron chi connectivity index (χ4n) is 3.93. The number of nitrogens with zero attached hydrogens (tertiary/aromatic N) is 2. The van der Waals surface area contributed by atoms with Crippen molar-refractivity contribution in [1.29, 1.82) is 0 Å². The van der Waals surface area contributed by atoms with Gasteiger partial charge in [-0.1, -0.05) is 54.1 Å². The van der Waals surface area contributed by atoms with E-state index in [1.54, 1.807) is 54.6 Å². The molecule has 0 aromatic heterocycles. The predicted octanol–water partition coefficient (Wildman–Crippen LogP) is 5.12. The SMILES string of the molecule is C=C[C@H]1c2ccccc2N(S(=O)(=O)c2ccc(C)cc2)[C@@H]1c1ccc([N+](=O)[O-])cc1. The van der Waals surface area contributed by atoms with E-state index in [0.717, 1.165) is 11.1 Å². The molecule has 30 heavy (non-hydrogen) atoms. The van der Waals surface area contributed by atoms with Crippen molar-refractivity contribution in [3.05, 3.63) is 112 Å². The maximum absolute atomic E-state index is 13.7. The van der Waals surface area contributed by atoms with E-state index in [0.29, 0.717) is 11.3 Å². The van der Waals surface area contributed by atoms with Crippen molar-refractivity contribution in [3.63, 3.8) is 0 Å². The van der Waals surface area contributed by atoms with Crippen LogP contribution >= 0.6 is 0 Å². The first-order chi connectivity index (χ1) is 14.3. The third-order valence-corrected chi connectivity index (χ3v) is 7.21. The molecule has 6 nitrogen and oxygen atoms in total. The Labute approximate surface area is 175 Å². The van der Waals surface area contributed by atoms with Crippen LogP contribution in [0.3, 0.4) is 0 Å². The molecular weight excluding hydrogens is 400 g/mol. The summed E-state index contributed by atoms with van der Waals surface area (Å²) in [5.41, 5.74) is 3.03. The van der Waals surface area contributed by atoms with Crippen LogP contribution in [0.1, 0.15) is 28.7 Å². The molecule has 3 aromatic rings. The largest absolute Gasteiger partial charge is 0.269 e.